The molecule has 1 saturated heterocycles. The van der Waals surface area contributed by atoms with Crippen LogP contribution in [0.4, 0.5) is 0 Å². The zero-order chi connectivity index (χ0) is 13.0. The van der Waals surface area contributed by atoms with E-state index in [-0.39, 0.29) is 0 Å². The van der Waals surface area contributed by atoms with Crippen LogP contribution in [-0.4, -0.2) is 13.1 Å². The van der Waals surface area contributed by atoms with Crippen LogP contribution in [0.15, 0.2) is 18.2 Å². The monoisotopic (exact) mass is 245 g/mol. The molecule has 0 radical (unpaired) electrons. The standard InChI is InChI=1S/C17H27N/c1-13(2)16-8-6-14(3)17(11-16)9-7-15-5-4-10-18-12-15/h6,8,11,13,15,18H,4-5,7,9-10,12H2,1-3H3. The number of hydrogen-bond acceptors (Lipinski definition) is 1. The summed E-state index contributed by atoms with van der Waals surface area (Å²) in [5.74, 6) is 1.53. The number of nitrogens with one attached hydrogen (secondary N) is 1. The number of piperidine rings is 1. The molecule has 1 unspecified atom stereocenters. The van der Waals surface area contributed by atoms with Crippen LogP contribution in [0.2, 0.25) is 0 Å². The van der Waals surface area contributed by atoms with Gasteiger partial charge in [0.15, 0.2) is 0 Å². The maximum atomic E-state index is 3.52. The summed E-state index contributed by atoms with van der Waals surface area (Å²) in [5, 5.41) is 3.52. The van der Waals surface area contributed by atoms with Crippen LogP contribution in [-0.2, 0) is 6.42 Å². The molecular weight excluding hydrogens is 218 g/mol. The van der Waals surface area contributed by atoms with Crippen molar-refractivity contribution in [1.29, 1.82) is 0 Å². The van der Waals surface area contributed by atoms with Crippen molar-refractivity contribution < 1.29 is 0 Å². The lowest BCUT2D eigenvalue weighted by atomic mass is 9.90. The van der Waals surface area contributed by atoms with Crippen molar-refractivity contribution in [3.63, 3.8) is 0 Å². The van der Waals surface area contributed by atoms with Crippen LogP contribution in [0, 0.1) is 12.8 Å². The molecule has 1 aromatic carbocycles. The lowest BCUT2D eigenvalue weighted by Crippen LogP contribution is -2.29. The van der Waals surface area contributed by atoms with Crippen LogP contribution in [0.5, 0.6) is 0 Å². The van der Waals surface area contributed by atoms with Gasteiger partial charge in [0.1, 0.15) is 0 Å². The Kier molecular flexibility index (Phi) is 4.82. The van der Waals surface area contributed by atoms with Crippen LogP contribution < -0.4 is 5.32 Å². The Morgan fingerprint density at radius 3 is 2.83 bits per heavy atom. The van der Waals surface area contributed by atoms with Gasteiger partial charge in [-0.3, -0.25) is 0 Å². The number of hydrogen-bond donors (Lipinski definition) is 1. The fourth-order valence-corrected chi connectivity index (χ4v) is 2.85. The zero-order valence-corrected chi connectivity index (χ0v) is 12.1. The molecule has 0 bridgehead atoms. The topological polar surface area (TPSA) is 12.0 Å². The molecule has 1 aromatic rings. The number of rotatable bonds is 4. The smallest absolute Gasteiger partial charge is 0.00204 e. The minimum absolute atomic E-state index is 0.640. The molecule has 0 aromatic heterocycles. The summed E-state index contributed by atoms with van der Waals surface area (Å²) in [4.78, 5) is 0. The molecular formula is C17H27N. The van der Waals surface area contributed by atoms with Gasteiger partial charge in [0.2, 0.25) is 0 Å². The second-order valence-electron chi connectivity index (χ2n) is 6.09. The van der Waals surface area contributed by atoms with Crippen LogP contribution in [0.3, 0.4) is 0 Å². The molecule has 1 atom stereocenters. The Labute approximate surface area is 112 Å². The second-order valence-corrected chi connectivity index (χ2v) is 6.09. The summed E-state index contributed by atoms with van der Waals surface area (Å²) < 4.78 is 0. The summed E-state index contributed by atoms with van der Waals surface area (Å²) in [6, 6.07) is 7.01. The molecule has 0 aliphatic carbocycles. The third-order valence-corrected chi connectivity index (χ3v) is 4.26. The molecule has 1 aliphatic rings. The first kappa shape index (κ1) is 13.6. The molecule has 2 rings (SSSR count). The fraction of sp³-hybridized carbons (Fsp3) is 0.647. The minimum Gasteiger partial charge on any atom is -0.316 e. The first-order valence-corrected chi connectivity index (χ1v) is 7.47. The molecule has 18 heavy (non-hydrogen) atoms. The SMILES string of the molecule is Cc1ccc(C(C)C)cc1CCC1CCCNC1. The highest BCUT2D eigenvalue weighted by molar-refractivity contribution is 5.32. The summed E-state index contributed by atoms with van der Waals surface area (Å²) in [6.07, 6.45) is 5.36. The van der Waals surface area contributed by atoms with Crippen molar-refractivity contribution in [3.8, 4) is 0 Å². The Morgan fingerprint density at radius 2 is 2.17 bits per heavy atom. The van der Waals surface area contributed by atoms with Gasteiger partial charge in [-0.15, -0.1) is 0 Å². The molecule has 0 spiro atoms. The fourth-order valence-electron chi connectivity index (χ4n) is 2.85. The third-order valence-electron chi connectivity index (χ3n) is 4.26. The number of benzene rings is 1. The highest BCUT2D eigenvalue weighted by Gasteiger charge is 2.13. The first-order chi connectivity index (χ1) is 8.66. The van der Waals surface area contributed by atoms with E-state index in [2.05, 4.69) is 44.3 Å². The van der Waals surface area contributed by atoms with E-state index in [9.17, 15) is 0 Å². The van der Waals surface area contributed by atoms with Gasteiger partial charge in [-0.25, -0.2) is 0 Å². The van der Waals surface area contributed by atoms with E-state index in [1.807, 2.05) is 0 Å². The van der Waals surface area contributed by atoms with Gasteiger partial charge in [-0.2, -0.15) is 0 Å². The molecule has 100 valence electrons. The Hall–Kier alpha value is -0.820. The van der Waals surface area contributed by atoms with E-state index in [0.29, 0.717) is 5.92 Å². The molecule has 1 heterocycles. The highest BCUT2D eigenvalue weighted by Crippen LogP contribution is 2.22. The highest BCUT2D eigenvalue weighted by atomic mass is 14.9. The van der Waals surface area contributed by atoms with Gasteiger partial charge < -0.3 is 5.32 Å². The van der Waals surface area contributed by atoms with E-state index in [1.54, 1.807) is 5.56 Å². The lowest BCUT2D eigenvalue weighted by Gasteiger charge is -2.23. The maximum absolute atomic E-state index is 3.52. The predicted molar refractivity (Wildman–Crippen MR) is 79.2 cm³/mol. The lowest BCUT2D eigenvalue weighted by molar-refractivity contribution is 0.358. The van der Waals surface area contributed by atoms with Gasteiger partial charge >= 0.3 is 0 Å². The summed E-state index contributed by atoms with van der Waals surface area (Å²) in [7, 11) is 0. The molecule has 1 nitrogen and oxygen atoms in total. The second kappa shape index (κ2) is 6.38. The van der Waals surface area contributed by atoms with E-state index in [1.165, 1.54) is 49.9 Å². The van der Waals surface area contributed by atoms with Crippen molar-refractivity contribution in [2.24, 2.45) is 5.92 Å². The molecule has 0 saturated carbocycles. The summed E-state index contributed by atoms with van der Waals surface area (Å²) in [6.45, 7) is 9.25. The van der Waals surface area contributed by atoms with E-state index in [4.69, 9.17) is 0 Å². The largest absolute Gasteiger partial charge is 0.316 e. The number of aryl methyl sites for hydroxylation is 2. The zero-order valence-electron chi connectivity index (χ0n) is 12.1. The Bertz CT molecular complexity index is 375. The third kappa shape index (κ3) is 3.58. The molecule has 1 heteroatoms. The predicted octanol–water partition coefficient (Wildman–Crippen LogP) is 4.05. The Morgan fingerprint density at radius 1 is 1.33 bits per heavy atom. The van der Waals surface area contributed by atoms with Crippen LogP contribution in [0.1, 0.15) is 55.7 Å². The molecule has 1 aliphatic heterocycles. The van der Waals surface area contributed by atoms with Crippen molar-refractivity contribution in [2.75, 3.05) is 13.1 Å². The molecule has 1 fully saturated rings. The van der Waals surface area contributed by atoms with Gasteiger partial charge in [-0.1, -0.05) is 32.0 Å². The van der Waals surface area contributed by atoms with Crippen molar-refractivity contribution in [1.82, 2.24) is 5.32 Å². The summed E-state index contributed by atoms with van der Waals surface area (Å²) in [5.41, 5.74) is 4.51. The van der Waals surface area contributed by atoms with Crippen molar-refractivity contribution in [2.45, 2.75) is 52.4 Å². The average molecular weight is 245 g/mol. The quantitative estimate of drug-likeness (QED) is 0.844. The molecule has 0 amide bonds. The van der Waals surface area contributed by atoms with Crippen molar-refractivity contribution in [3.05, 3.63) is 34.9 Å². The minimum atomic E-state index is 0.640. The van der Waals surface area contributed by atoms with Gasteiger partial charge in [0, 0.05) is 0 Å². The van der Waals surface area contributed by atoms with Gasteiger partial charge in [0.25, 0.3) is 0 Å². The maximum Gasteiger partial charge on any atom is -0.00204 e. The Balaban J connectivity index is 1.97. The van der Waals surface area contributed by atoms with Crippen molar-refractivity contribution >= 4 is 0 Å². The van der Waals surface area contributed by atoms with Crippen LogP contribution in [0.25, 0.3) is 0 Å². The van der Waals surface area contributed by atoms with E-state index in [0.717, 1.165) is 5.92 Å². The summed E-state index contributed by atoms with van der Waals surface area (Å²) >= 11 is 0. The average Bonchev–Trinajstić information content (AvgIpc) is 2.38. The van der Waals surface area contributed by atoms with E-state index >= 15 is 0 Å². The molecule has 1 N–H and O–H groups in total. The first-order valence-electron chi connectivity index (χ1n) is 7.47. The van der Waals surface area contributed by atoms with Gasteiger partial charge in [-0.05, 0) is 74.2 Å². The normalized spacial score (nSPS) is 20.3. The van der Waals surface area contributed by atoms with E-state index < -0.39 is 0 Å². The van der Waals surface area contributed by atoms with Gasteiger partial charge in [0.05, 0.1) is 0 Å². The van der Waals surface area contributed by atoms with Crippen LogP contribution >= 0.6 is 0 Å².